The van der Waals surface area contributed by atoms with Crippen molar-refractivity contribution in [2.45, 2.75) is 20.8 Å². The predicted octanol–water partition coefficient (Wildman–Crippen LogP) is 6.59. The molecule has 0 heterocycles. The summed E-state index contributed by atoms with van der Waals surface area (Å²) in [7, 11) is -4.27. The van der Waals surface area contributed by atoms with E-state index in [0.717, 1.165) is 5.56 Å². The number of rotatable bonds is 5. The first-order valence-electron chi connectivity index (χ1n) is 8.95. The van der Waals surface area contributed by atoms with Crippen molar-refractivity contribution in [3.05, 3.63) is 98.5 Å². The van der Waals surface area contributed by atoms with Crippen LogP contribution in [0.4, 0.5) is 0 Å². The van der Waals surface area contributed by atoms with E-state index < -0.39 is 18.2 Å². The fourth-order valence-electron chi connectivity index (χ4n) is 3.50. The van der Waals surface area contributed by atoms with E-state index in [0.29, 0.717) is 16.7 Å². The molecule has 0 N–H and O–H groups in total. The van der Waals surface area contributed by atoms with Gasteiger partial charge in [0.05, 0.1) is 15.6 Å². The summed E-state index contributed by atoms with van der Waals surface area (Å²) in [5.74, 6) is 0. The highest BCUT2D eigenvalue weighted by Gasteiger charge is 2.45. The number of hydrogen-bond donors (Lipinski definition) is 0. The molecule has 0 aliphatic rings. The number of carbonyl (C=O) groups is 2. The van der Waals surface area contributed by atoms with Gasteiger partial charge < -0.3 is 4.57 Å². The molecule has 1 unspecified atom stereocenters. The van der Waals surface area contributed by atoms with Crippen LogP contribution in [-0.2, 0) is 4.57 Å². The van der Waals surface area contributed by atoms with Crippen LogP contribution >= 0.6 is 30.3 Å². The zero-order chi connectivity index (χ0) is 21.3. The van der Waals surface area contributed by atoms with Crippen LogP contribution in [0.25, 0.3) is 0 Å². The molecule has 3 nitrogen and oxygen atoms in total. The van der Waals surface area contributed by atoms with E-state index in [9.17, 15) is 14.2 Å². The molecule has 0 aliphatic carbocycles. The van der Waals surface area contributed by atoms with Crippen molar-refractivity contribution in [2.24, 2.45) is 0 Å². The van der Waals surface area contributed by atoms with E-state index in [1.54, 1.807) is 38.1 Å². The molecule has 0 aromatic heterocycles. The minimum absolute atomic E-state index is 0.0591. The van der Waals surface area contributed by atoms with Crippen LogP contribution in [0.15, 0.2) is 60.7 Å². The van der Waals surface area contributed by atoms with Gasteiger partial charge in [-0.05, 0) is 44.0 Å². The Bertz CT molecular complexity index is 1130. The molecule has 0 saturated heterocycles. The Labute approximate surface area is 180 Å². The molecule has 0 saturated carbocycles. The smallest absolute Gasteiger partial charge is 0.248 e. The number of hydrogen-bond acceptors (Lipinski definition) is 3. The van der Waals surface area contributed by atoms with E-state index in [4.69, 9.17) is 23.2 Å². The highest BCUT2D eigenvalue weighted by atomic mass is 35.5. The lowest BCUT2D eigenvalue weighted by Gasteiger charge is -2.20. The fraction of sp³-hybridized carbons (Fsp3) is 0.130. The van der Waals surface area contributed by atoms with E-state index in [1.165, 1.54) is 24.3 Å². The highest BCUT2D eigenvalue weighted by Crippen LogP contribution is 2.53. The summed E-state index contributed by atoms with van der Waals surface area (Å²) in [5, 5.41) is 0.276. The van der Waals surface area contributed by atoms with E-state index in [-0.39, 0.29) is 20.9 Å². The normalized spacial score (nSPS) is 13.0. The standard InChI is InChI=1S/C23H19Cl2O3P/c1-14-12-15(2)20(16(3)13-14)22(26)29(28,17-8-5-4-6-9-17)23(27)21-18(24)10-7-11-19(21)25/h4-13H,1-3H3. The molecule has 3 rings (SSSR count). The molecule has 0 amide bonds. The van der Waals surface area contributed by atoms with Gasteiger partial charge in [0.1, 0.15) is 0 Å². The summed E-state index contributed by atoms with van der Waals surface area (Å²) in [6.45, 7) is 5.46. The van der Waals surface area contributed by atoms with Gasteiger partial charge in [-0.1, -0.05) is 77.3 Å². The van der Waals surface area contributed by atoms with Crippen LogP contribution in [0.5, 0.6) is 0 Å². The van der Waals surface area contributed by atoms with Crippen molar-refractivity contribution in [1.29, 1.82) is 0 Å². The maximum atomic E-state index is 14.3. The van der Waals surface area contributed by atoms with E-state index in [2.05, 4.69) is 0 Å². The van der Waals surface area contributed by atoms with Crippen molar-refractivity contribution in [3.8, 4) is 0 Å². The first-order chi connectivity index (χ1) is 13.7. The van der Waals surface area contributed by atoms with Gasteiger partial charge in [-0.2, -0.15) is 0 Å². The van der Waals surface area contributed by atoms with Crippen molar-refractivity contribution in [1.82, 2.24) is 0 Å². The SMILES string of the molecule is Cc1cc(C)c(C(=O)P(=O)(C(=O)c2c(Cl)cccc2Cl)c2ccccc2)c(C)c1. The monoisotopic (exact) mass is 444 g/mol. The molecule has 0 radical (unpaired) electrons. The van der Waals surface area contributed by atoms with Crippen molar-refractivity contribution in [3.63, 3.8) is 0 Å². The maximum Gasteiger partial charge on any atom is 0.248 e. The maximum absolute atomic E-state index is 14.3. The quantitative estimate of drug-likeness (QED) is 0.417. The Balaban J connectivity index is 2.31. The Morgan fingerprint density at radius 1 is 0.724 bits per heavy atom. The average molecular weight is 445 g/mol. The molecular weight excluding hydrogens is 426 g/mol. The molecule has 148 valence electrons. The van der Waals surface area contributed by atoms with Gasteiger partial charge >= 0.3 is 0 Å². The molecule has 0 spiro atoms. The second kappa shape index (κ2) is 8.28. The van der Waals surface area contributed by atoms with Gasteiger partial charge in [0.2, 0.25) is 18.2 Å². The third-order valence-electron chi connectivity index (χ3n) is 4.76. The topological polar surface area (TPSA) is 51.2 Å². The number of carbonyl (C=O) groups excluding carboxylic acids is 2. The second-order valence-corrected chi connectivity index (χ2v) is 10.3. The lowest BCUT2D eigenvalue weighted by molar-refractivity contribution is 0.104. The van der Waals surface area contributed by atoms with Crippen molar-refractivity contribution < 1.29 is 14.2 Å². The minimum Gasteiger partial charge on any atom is -0.302 e. The zero-order valence-electron chi connectivity index (χ0n) is 16.2. The molecule has 0 bridgehead atoms. The first-order valence-corrected chi connectivity index (χ1v) is 11.4. The second-order valence-electron chi connectivity index (χ2n) is 6.93. The van der Waals surface area contributed by atoms with E-state index in [1.807, 2.05) is 19.1 Å². The zero-order valence-corrected chi connectivity index (χ0v) is 18.6. The number of halogens is 2. The van der Waals surface area contributed by atoms with Gasteiger partial charge in [0.15, 0.2) is 0 Å². The predicted molar refractivity (Wildman–Crippen MR) is 119 cm³/mol. The van der Waals surface area contributed by atoms with E-state index >= 15 is 0 Å². The van der Waals surface area contributed by atoms with Crippen LogP contribution in [0.2, 0.25) is 10.0 Å². The molecule has 29 heavy (non-hydrogen) atoms. The molecule has 0 aliphatic heterocycles. The van der Waals surface area contributed by atoms with Crippen LogP contribution < -0.4 is 5.30 Å². The third kappa shape index (κ3) is 3.83. The largest absolute Gasteiger partial charge is 0.302 e. The molecule has 3 aromatic carbocycles. The van der Waals surface area contributed by atoms with Gasteiger partial charge in [-0.25, -0.2) is 0 Å². The lowest BCUT2D eigenvalue weighted by atomic mass is 10.0. The fourth-order valence-corrected chi connectivity index (χ4v) is 6.67. The van der Waals surface area contributed by atoms with Crippen LogP contribution in [0.3, 0.4) is 0 Å². The Morgan fingerprint density at radius 3 is 1.72 bits per heavy atom. The summed E-state index contributed by atoms with van der Waals surface area (Å²) >= 11 is 12.4. The first kappa shape index (κ1) is 21.5. The average Bonchev–Trinajstić information content (AvgIpc) is 2.66. The molecule has 1 atom stereocenters. The molecule has 0 fully saturated rings. The Hall–Kier alpha value is -2.19. The summed E-state index contributed by atoms with van der Waals surface area (Å²) in [6.07, 6.45) is 0. The molecule has 3 aromatic rings. The van der Waals surface area contributed by atoms with Crippen LogP contribution in [-0.4, -0.2) is 11.0 Å². The number of benzene rings is 3. The van der Waals surface area contributed by atoms with Gasteiger partial charge in [0.25, 0.3) is 0 Å². The Kier molecular flexibility index (Phi) is 6.14. The van der Waals surface area contributed by atoms with Crippen molar-refractivity contribution in [2.75, 3.05) is 0 Å². The van der Waals surface area contributed by atoms with Crippen LogP contribution in [0, 0.1) is 20.8 Å². The summed E-state index contributed by atoms with van der Waals surface area (Å²) in [6, 6.07) is 16.3. The summed E-state index contributed by atoms with van der Waals surface area (Å²) in [5.41, 5.74) is 0.941. The van der Waals surface area contributed by atoms with Crippen molar-refractivity contribution >= 4 is 46.7 Å². The summed E-state index contributed by atoms with van der Waals surface area (Å²) in [4.78, 5) is 27.2. The number of aryl methyl sites for hydroxylation is 3. The van der Waals surface area contributed by atoms with Gasteiger partial charge in [-0.3, -0.25) is 9.59 Å². The molecular formula is C23H19Cl2O3P. The third-order valence-corrected chi connectivity index (χ3v) is 8.01. The molecule has 6 heteroatoms. The van der Waals surface area contributed by atoms with Gasteiger partial charge in [-0.15, -0.1) is 0 Å². The minimum atomic E-state index is -4.27. The lowest BCUT2D eigenvalue weighted by Crippen LogP contribution is -2.22. The summed E-state index contributed by atoms with van der Waals surface area (Å²) < 4.78 is 14.3. The van der Waals surface area contributed by atoms with Crippen LogP contribution in [0.1, 0.15) is 37.4 Å². The van der Waals surface area contributed by atoms with Gasteiger partial charge in [0, 0.05) is 10.9 Å². The Morgan fingerprint density at radius 2 is 1.21 bits per heavy atom. The highest BCUT2D eigenvalue weighted by molar-refractivity contribution is 8.01.